The first-order valence-corrected chi connectivity index (χ1v) is 5.57. The molecule has 2 fully saturated rings. The summed E-state index contributed by atoms with van der Waals surface area (Å²) in [6, 6.07) is -0.353. The van der Waals surface area contributed by atoms with Gasteiger partial charge >= 0.3 is 12.3 Å². The zero-order chi connectivity index (χ0) is 12.6. The van der Waals surface area contributed by atoms with Crippen LogP contribution in [0, 0.1) is 0 Å². The Morgan fingerprint density at radius 1 is 1.29 bits per heavy atom. The number of carbonyl (C=O) groups is 1. The number of carbonyl (C=O) groups excluding carboxylic acids is 1. The number of nitrogens with zero attached hydrogens (tertiary/aromatic N) is 1. The molecule has 0 radical (unpaired) electrons. The van der Waals surface area contributed by atoms with Crippen LogP contribution in [0.5, 0.6) is 0 Å². The summed E-state index contributed by atoms with van der Waals surface area (Å²) < 4.78 is 40.0. The van der Waals surface area contributed by atoms with Crippen molar-refractivity contribution in [1.82, 2.24) is 4.90 Å². The van der Waals surface area contributed by atoms with Gasteiger partial charge in [0.05, 0.1) is 6.10 Å². The minimum Gasteiger partial charge on any atom is -0.440 e. The Morgan fingerprint density at radius 2 is 1.82 bits per heavy atom. The molecule has 0 aromatic carbocycles. The van der Waals surface area contributed by atoms with Gasteiger partial charge < -0.3 is 14.7 Å². The molecule has 1 amide bonds. The fourth-order valence-corrected chi connectivity index (χ4v) is 2.66. The van der Waals surface area contributed by atoms with Crippen LogP contribution in [-0.4, -0.2) is 47.1 Å². The standard InChI is InChI=1S/C10H14F3NO3/c11-10(12,13)5-17-9(16)14-6-1-2-7(14)4-8(15)3-6/h6-8,15H,1-5H2. The Hall–Kier alpha value is -0.980. The fourth-order valence-electron chi connectivity index (χ4n) is 2.66. The molecule has 0 spiro atoms. The van der Waals surface area contributed by atoms with E-state index in [0.717, 1.165) is 12.8 Å². The number of amides is 1. The van der Waals surface area contributed by atoms with E-state index in [1.54, 1.807) is 0 Å². The Balaban J connectivity index is 1.92. The summed E-state index contributed by atoms with van der Waals surface area (Å²) in [6.45, 7) is -1.55. The summed E-state index contributed by atoms with van der Waals surface area (Å²) in [7, 11) is 0. The van der Waals surface area contributed by atoms with E-state index in [0.29, 0.717) is 12.8 Å². The van der Waals surface area contributed by atoms with Gasteiger partial charge in [-0.25, -0.2) is 4.79 Å². The van der Waals surface area contributed by atoms with E-state index >= 15 is 0 Å². The number of rotatable bonds is 1. The lowest BCUT2D eigenvalue weighted by molar-refractivity contribution is -0.163. The number of fused-ring (bicyclic) bond motifs is 2. The summed E-state index contributed by atoms with van der Waals surface area (Å²) in [5, 5.41) is 9.49. The van der Waals surface area contributed by atoms with Crippen molar-refractivity contribution in [1.29, 1.82) is 0 Å². The minimum atomic E-state index is -4.50. The SMILES string of the molecule is O=C(OCC(F)(F)F)N1C2CCC1CC(O)C2. The number of hydrogen-bond acceptors (Lipinski definition) is 3. The van der Waals surface area contributed by atoms with Crippen LogP contribution in [0.25, 0.3) is 0 Å². The number of piperidine rings is 1. The molecule has 2 aliphatic rings. The molecule has 17 heavy (non-hydrogen) atoms. The maximum absolute atomic E-state index is 11.9. The van der Waals surface area contributed by atoms with Gasteiger partial charge in [0.1, 0.15) is 0 Å². The van der Waals surface area contributed by atoms with Crippen molar-refractivity contribution >= 4 is 6.09 Å². The van der Waals surface area contributed by atoms with Crippen molar-refractivity contribution in [3.8, 4) is 0 Å². The maximum atomic E-state index is 11.9. The van der Waals surface area contributed by atoms with Gasteiger partial charge in [-0.3, -0.25) is 0 Å². The highest BCUT2D eigenvalue weighted by molar-refractivity contribution is 5.69. The Kier molecular flexibility index (Phi) is 3.20. The van der Waals surface area contributed by atoms with Gasteiger partial charge in [-0.2, -0.15) is 13.2 Å². The average Bonchev–Trinajstić information content (AvgIpc) is 2.47. The molecule has 2 rings (SSSR count). The first-order chi connectivity index (χ1) is 7.87. The number of aliphatic hydroxyl groups excluding tert-OH is 1. The van der Waals surface area contributed by atoms with Gasteiger partial charge in [-0.1, -0.05) is 0 Å². The molecule has 98 valence electrons. The molecule has 0 aromatic rings. The van der Waals surface area contributed by atoms with Crippen LogP contribution in [0.1, 0.15) is 25.7 Å². The van der Waals surface area contributed by atoms with Crippen molar-refractivity contribution in [2.24, 2.45) is 0 Å². The molecule has 0 aromatic heterocycles. The highest BCUT2D eigenvalue weighted by Crippen LogP contribution is 2.36. The summed E-state index contributed by atoms with van der Waals surface area (Å²) in [4.78, 5) is 12.9. The van der Waals surface area contributed by atoms with E-state index < -0.39 is 25.0 Å². The van der Waals surface area contributed by atoms with Crippen molar-refractivity contribution in [3.05, 3.63) is 0 Å². The molecule has 0 saturated carbocycles. The van der Waals surface area contributed by atoms with Crippen LogP contribution in [0.15, 0.2) is 0 Å². The van der Waals surface area contributed by atoms with Crippen LogP contribution >= 0.6 is 0 Å². The largest absolute Gasteiger partial charge is 0.440 e. The molecule has 2 atom stereocenters. The van der Waals surface area contributed by atoms with Crippen LogP contribution < -0.4 is 0 Å². The highest BCUT2D eigenvalue weighted by Gasteiger charge is 2.44. The molecule has 4 nitrogen and oxygen atoms in total. The third kappa shape index (κ3) is 2.83. The lowest BCUT2D eigenvalue weighted by Gasteiger charge is -2.36. The van der Waals surface area contributed by atoms with E-state index in [4.69, 9.17) is 0 Å². The van der Waals surface area contributed by atoms with Gasteiger partial charge in [0.25, 0.3) is 0 Å². The summed E-state index contributed by atoms with van der Waals surface area (Å²) >= 11 is 0. The van der Waals surface area contributed by atoms with E-state index in [1.807, 2.05) is 0 Å². The minimum absolute atomic E-state index is 0.176. The topological polar surface area (TPSA) is 49.8 Å². The zero-order valence-electron chi connectivity index (χ0n) is 9.11. The third-order valence-corrected chi connectivity index (χ3v) is 3.28. The lowest BCUT2D eigenvalue weighted by atomic mass is 10.0. The monoisotopic (exact) mass is 253 g/mol. The first-order valence-electron chi connectivity index (χ1n) is 5.57. The fraction of sp³-hybridized carbons (Fsp3) is 0.900. The third-order valence-electron chi connectivity index (χ3n) is 3.28. The van der Waals surface area contributed by atoms with Crippen molar-refractivity contribution in [2.75, 3.05) is 6.61 Å². The quantitative estimate of drug-likeness (QED) is 0.773. The average molecular weight is 253 g/mol. The normalized spacial score (nSPS) is 32.7. The molecule has 1 N–H and O–H groups in total. The molecule has 0 aliphatic carbocycles. The van der Waals surface area contributed by atoms with Crippen LogP contribution in [0.2, 0.25) is 0 Å². The molecule has 2 unspecified atom stereocenters. The number of hydrogen-bond donors (Lipinski definition) is 1. The Morgan fingerprint density at radius 3 is 2.29 bits per heavy atom. The molecule has 7 heteroatoms. The zero-order valence-corrected chi connectivity index (χ0v) is 9.11. The van der Waals surface area contributed by atoms with Crippen molar-refractivity contribution in [2.45, 2.75) is 50.0 Å². The number of alkyl halides is 3. The number of halogens is 3. The van der Waals surface area contributed by atoms with Crippen LogP contribution in [0.4, 0.5) is 18.0 Å². The molecule has 2 saturated heterocycles. The smallest absolute Gasteiger partial charge is 0.422 e. The van der Waals surface area contributed by atoms with Crippen molar-refractivity contribution < 1.29 is 27.8 Å². The predicted octanol–water partition coefficient (Wildman–Crippen LogP) is 1.67. The van der Waals surface area contributed by atoms with E-state index in [2.05, 4.69) is 4.74 Å². The number of aliphatic hydroxyl groups is 1. The van der Waals surface area contributed by atoms with Gasteiger partial charge in [0.2, 0.25) is 0 Å². The van der Waals surface area contributed by atoms with E-state index in [-0.39, 0.29) is 12.1 Å². The van der Waals surface area contributed by atoms with E-state index in [1.165, 1.54) is 4.90 Å². The molecular weight excluding hydrogens is 239 g/mol. The summed E-state index contributed by atoms with van der Waals surface area (Å²) in [6.07, 6.45) is -3.56. The van der Waals surface area contributed by atoms with Gasteiger partial charge in [-0.05, 0) is 25.7 Å². The second kappa shape index (κ2) is 4.36. The highest BCUT2D eigenvalue weighted by atomic mass is 19.4. The second-order valence-corrected chi connectivity index (χ2v) is 4.59. The lowest BCUT2D eigenvalue weighted by Crippen LogP contribution is -2.48. The second-order valence-electron chi connectivity index (χ2n) is 4.59. The molecule has 2 aliphatic heterocycles. The first kappa shape index (κ1) is 12.5. The summed E-state index contributed by atoms with van der Waals surface area (Å²) in [5.41, 5.74) is 0. The predicted molar refractivity (Wildman–Crippen MR) is 51.3 cm³/mol. The number of ether oxygens (including phenoxy) is 1. The van der Waals surface area contributed by atoms with Crippen LogP contribution in [0.3, 0.4) is 0 Å². The van der Waals surface area contributed by atoms with Crippen LogP contribution in [-0.2, 0) is 4.74 Å². The van der Waals surface area contributed by atoms with Gasteiger partial charge in [-0.15, -0.1) is 0 Å². The molecule has 2 bridgehead atoms. The van der Waals surface area contributed by atoms with Crippen molar-refractivity contribution in [3.63, 3.8) is 0 Å². The van der Waals surface area contributed by atoms with E-state index in [9.17, 15) is 23.1 Å². The van der Waals surface area contributed by atoms with Gasteiger partial charge in [0.15, 0.2) is 6.61 Å². The maximum Gasteiger partial charge on any atom is 0.422 e. The Bertz CT molecular complexity index is 294. The molecule has 2 heterocycles. The summed E-state index contributed by atoms with van der Waals surface area (Å²) in [5.74, 6) is 0. The van der Waals surface area contributed by atoms with Gasteiger partial charge in [0, 0.05) is 12.1 Å². The Labute approximate surface area is 96.3 Å². The molecular formula is C10H14F3NO3.